The van der Waals surface area contributed by atoms with Crippen LogP contribution in [0.4, 0.5) is 11.5 Å². The Bertz CT molecular complexity index is 427. The van der Waals surface area contributed by atoms with Crippen LogP contribution >= 0.6 is 0 Å². The Morgan fingerprint density at radius 3 is 2.40 bits per heavy atom. The summed E-state index contributed by atoms with van der Waals surface area (Å²) >= 11 is 0. The maximum absolute atomic E-state index is 6.03. The van der Waals surface area contributed by atoms with Crippen LogP contribution in [-0.4, -0.2) is 23.6 Å². The highest BCUT2D eigenvalue weighted by atomic mass is 16.5. The standard InChI is InChI=1S/C15H28N4O/c1-6-7-8-9-10-17-12-11(16)13(20-5)19-14(18-12)15(2,3)4/h6-10,16H2,1-5H3,(H,17,18,19). The van der Waals surface area contributed by atoms with E-state index in [0.717, 1.165) is 18.8 Å². The molecule has 0 atom stereocenters. The Morgan fingerprint density at radius 2 is 1.85 bits per heavy atom. The first-order valence-corrected chi connectivity index (χ1v) is 7.36. The highest BCUT2D eigenvalue weighted by Gasteiger charge is 2.21. The van der Waals surface area contributed by atoms with Crippen molar-refractivity contribution >= 4 is 11.5 Å². The zero-order valence-corrected chi connectivity index (χ0v) is 13.4. The molecule has 0 aromatic carbocycles. The van der Waals surface area contributed by atoms with E-state index in [-0.39, 0.29) is 5.41 Å². The van der Waals surface area contributed by atoms with Gasteiger partial charge in [-0.25, -0.2) is 4.98 Å². The van der Waals surface area contributed by atoms with Crippen LogP contribution < -0.4 is 15.8 Å². The molecule has 1 rings (SSSR count). The van der Waals surface area contributed by atoms with E-state index in [1.165, 1.54) is 19.3 Å². The third-order valence-corrected chi connectivity index (χ3v) is 3.10. The molecule has 0 aliphatic rings. The minimum Gasteiger partial charge on any atom is -0.479 e. The molecule has 3 N–H and O–H groups in total. The van der Waals surface area contributed by atoms with E-state index in [1.54, 1.807) is 7.11 Å². The van der Waals surface area contributed by atoms with Crippen molar-refractivity contribution in [3.8, 4) is 5.88 Å². The lowest BCUT2D eigenvalue weighted by Crippen LogP contribution is -2.19. The van der Waals surface area contributed by atoms with Crippen LogP contribution in [-0.2, 0) is 5.41 Å². The molecule has 0 aliphatic carbocycles. The van der Waals surface area contributed by atoms with Crippen molar-refractivity contribution < 1.29 is 4.74 Å². The summed E-state index contributed by atoms with van der Waals surface area (Å²) in [6.45, 7) is 9.29. The fraction of sp³-hybridized carbons (Fsp3) is 0.733. The van der Waals surface area contributed by atoms with E-state index >= 15 is 0 Å². The first-order chi connectivity index (χ1) is 9.40. The Morgan fingerprint density at radius 1 is 1.15 bits per heavy atom. The quantitative estimate of drug-likeness (QED) is 0.749. The molecule has 0 bridgehead atoms. The van der Waals surface area contributed by atoms with E-state index in [4.69, 9.17) is 10.5 Å². The van der Waals surface area contributed by atoms with Crippen molar-refractivity contribution in [3.05, 3.63) is 5.82 Å². The Hall–Kier alpha value is -1.52. The number of rotatable bonds is 7. The summed E-state index contributed by atoms with van der Waals surface area (Å²) in [5.41, 5.74) is 6.38. The molecule has 0 fully saturated rings. The average Bonchev–Trinajstić information content (AvgIpc) is 2.39. The van der Waals surface area contributed by atoms with Crippen LogP contribution in [0.3, 0.4) is 0 Å². The van der Waals surface area contributed by atoms with E-state index < -0.39 is 0 Å². The van der Waals surface area contributed by atoms with Crippen molar-refractivity contribution in [1.29, 1.82) is 0 Å². The number of nitrogens with two attached hydrogens (primary N) is 1. The monoisotopic (exact) mass is 280 g/mol. The topological polar surface area (TPSA) is 73.1 Å². The van der Waals surface area contributed by atoms with Gasteiger partial charge in [0.25, 0.3) is 0 Å². The van der Waals surface area contributed by atoms with E-state index in [2.05, 4.69) is 43.0 Å². The molecule has 0 spiro atoms. The molecule has 0 radical (unpaired) electrons. The summed E-state index contributed by atoms with van der Waals surface area (Å²) < 4.78 is 5.25. The Balaban J connectivity index is 2.83. The lowest BCUT2D eigenvalue weighted by Gasteiger charge is -2.20. The van der Waals surface area contributed by atoms with Gasteiger partial charge < -0.3 is 15.8 Å². The van der Waals surface area contributed by atoms with Gasteiger partial charge in [-0.1, -0.05) is 47.0 Å². The SMILES string of the molecule is CCCCCCNc1nc(C(C)(C)C)nc(OC)c1N. The molecule has 1 aromatic rings. The Labute approximate surface area is 122 Å². The maximum Gasteiger partial charge on any atom is 0.242 e. The molecule has 0 unspecified atom stereocenters. The zero-order chi connectivity index (χ0) is 15.2. The molecule has 5 nitrogen and oxygen atoms in total. The summed E-state index contributed by atoms with van der Waals surface area (Å²) in [6, 6.07) is 0. The molecule has 0 amide bonds. The van der Waals surface area contributed by atoms with Gasteiger partial charge in [0.05, 0.1) is 7.11 Å². The van der Waals surface area contributed by atoms with Gasteiger partial charge in [0.2, 0.25) is 5.88 Å². The Kier molecular flexibility index (Phi) is 6.05. The van der Waals surface area contributed by atoms with E-state index in [9.17, 15) is 0 Å². The summed E-state index contributed by atoms with van der Waals surface area (Å²) in [5, 5.41) is 3.30. The van der Waals surface area contributed by atoms with Crippen molar-refractivity contribution in [2.75, 3.05) is 24.7 Å². The fourth-order valence-electron chi connectivity index (χ4n) is 1.83. The van der Waals surface area contributed by atoms with Crippen LogP contribution in [0.25, 0.3) is 0 Å². The van der Waals surface area contributed by atoms with Crippen LogP contribution in [0.15, 0.2) is 0 Å². The van der Waals surface area contributed by atoms with Gasteiger partial charge in [0.1, 0.15) is 11.5 Å². The van der Waals surface area contributed by atoms with Gasteiger partial charge in [0, 0.05) is 12.0 Å². The molecular formula is C15H28N4O. The predicted octanol–water partition coefficient (Wildman–Crippen LogP) is 3.36. The van der Waals surface area contributed by atoms with Gasteiger partial charge >= 0.3 is 0 Å². The summed E-state index contributed by atoms with van der Waals surface area (Å²) in [6.07, 6.45) is 4.83. The number of nitrogens with zero attached hydrogens (tertiary/aromatic N) is 2. The van der Waals surface area contributed by atoms with Crippen molar-refractivity contribution in [2.24, 2.45) is 0 Å². The smallest absolute Gasteiger partial charge is 0.242 e. The molecule has 114 valence electrons. The predicted molar refractivity (Wildman–Crippen MR) is 84.3 cm³/mol. The van der Waals surface area contributed by atoms with Crippen molar-refractivity contribution in [1.82, 2.24) is 9.97 Å². The third kappa shape index (κ3) is 4.54. The second-order valence-corrected chi connectivity index (χ2v) is 6.06. The molecule has 1 heterocycles. The van der Waals surface area contributed by atoms with Gasteiger partial charge in [-0.3, -0.25) is 0 Å². The van der Waals surface area contributed by atoms with Crippen LogP contribution in [0.2, 0.25) is 0 Å². The van der Waals surface area contributed by atoms with Crippen LogP contribution in [0, 0.1) is 0 Å². The number of anilines is 2. The van der Waals surface area contributed by atoms with Crippen LogP contribution in [0.1, 0.15) is 59.2 Å². The molecule has 0 saturated carbocycles. The molecule has 20 heavy (non-hydrogen) atoms. The minimum absolute atomic E-state index is 0.139. The number of methoxy groups -OCH3 is 1. The highest BCUT2D eigenvalue weighted by molar-refractivity contribution is 5.67. The van der Waals surface area contributed by atoms with Gasteiger partial charge in [-0.2, -0.15) is 4.98 Å². The largest absolute Gasteiger partial charge is 0.479 e. The zero-order valence-electron chi connectivity index (χ0n) is 13.4. The average molecular weight is 280 g/mol. The normalized spacial score (nSPS) is 11.4. The minimum atomic E-state index is -0.139. The number of nitrogens with one attached hydrogen (secondary N) is 1. The molecule has 0 aliphatic heterocycles. The lowest BCUT2D eigenvalue weighted by atomic mass is 9.96. The first kappa shape index (κ1) is 16.5. The maximum atomic E-state index is 6.03. The summed E-state index contributed by atoms with van der Waals surface area (Å²) in [5.74, 6) is 1.86. The van der Waals surface area contributed by atoms with Crippen molar-refractivity contribution in [2.45, 2.75) is 58.8 Å². The number of nitrogen functional groups attached to an aromatic ring is 1. The highest BCUT2D eigenvalue weighted by Crippen LogP contribution is 2.30. The number of hydrogen-bond acceptors (Lipinski definition) is 5. The van der Waals surface area contributed by atoms with Gasteiger partial charge in [-0.15, -0.1) is 0 Å². The summed E-state index contributed by atoms with van der Waals surface area (Å²) in [7, 11) is 1.58. The van der Waals surface area contributed by atoms with E-state index in [0.29, 0.717) is 17.4 Å². The summed E-state index contributed by atoms with van der Waals surface area (Å²) in [4.78, 5) is 8.92. The van der Waals surface area contributed by atoms with Gasteiger partial charge in [-0.05, 0) is 6.42 Å². The number of hydrogen-bond donors (Lipinski definition) is 2. The second kappa shape index (κ2) is 7.31. The number of aromatic nitrogens is 2. The molecular weight excluding hydrogens is 252 g/mol. The lowest BCUT2D eigenvalue weighted by molar-refractivity contribution is 0.391. The van der Waals surface area contributed by atoms with Gasteiger partial charge in [0.15, 0.2) is 5.82 Å². The number of ether oxygens (including phenoxy) is 1. The molecule has 0 saturated heterocycles. The first-order valence-electron chi connectivity index (χ1n) is 7.36. The van der Waals surface area contributed by atoms with Crippen molar-refractivity contribution in [3.63, 3.8) is 0 Å². The van der Waals surface area contributed by atoms with Crippen LogP contribution in [0.5, 0.6) is 5.88 Å². The van der Waals surface area contributed by atoms with E-state index in [1.807, 2.05) is 0 Å². The second-order valence-electron chi connectivity index (χ2n) is 6.06. The number of unbranched alkanes of at least 4 members (excludes halogenated alkanes) is 3. The fourth-order valence-corrected chi connectivity index (χ4v) is 1.83. The molecule has 1 aromatic heterocycles. The third-order valence-electron chi connectivity index (χ3n) is 3.10. The molecule has 5 heteroatoms.